The highest BCUT2D eigenvalue weighted by Gasteiger charge is 2.23. The van der Waals surface area contributed by atoms with E-state index in [-0.39, 0.29) is 12.2 Å². The third kappa shape index (κ3) is 5.68. The second kappa shape index (κ2) is 7.37. The van der Waals surface area contributed by atoms with Gasteiger partial charge in [-0.1, -0.05) is 0 Å². The fourth-order valence-corrected chi connectivity index (χ4v) is 2.21. The molecule has 0 aliphatic rings. The number of amides is 2. The first-order valence-corrected chi connectivity index (χ1v) is 7.40. The van der Waals surface area contributed by atoms with Crippen LogP contribution in [0, 0.1) is 11.6 Å². The summed E-state index contributed by atoms with van der Waals surface area (Å²) in [4.78, 5) is 23.1. The van der Waals surface area contributed by atoms with Gasteiger partial charge in [-0.25, -0.2) is 8.78 Å². The number of rotatable bonds is 5. The Balaban J connectivity index is 2.57. The summed E-state index contributed by atoms with van der Waals surface area (Å²) in [5, 5.41) is 14.1. The summed E-state index contributed by atoms with van der Waals surface area (Å²) < 4.78 is 26.0. The molecule has 0 bridgehead atoms. The van der Waals surface area contributed by atoms with Crippen LogP contribution in [0.4, 0.5) is 14.5 Å². The summed E-state index contributed by atoms with van der Waals surface area (Å²) in [7, 11) is 0. The molecule has 5 nitrogen and oxygen atoms in total. The zero-order chi connectivity index (χ0) is 16.0. The molecular formula is C13H16F2N2O3S. The van der Waals surface area contributed by atoms with Crippen molar-refractivity contribution in [3.8, 4) is 0 Å². The molecule has 1 aromatic carbocycles. The largest absolute Gasteiger partial charge is 0.387 e. The zero-order valence-corrected chi connectivity index (χ0v) is 12.4. The van der Waals surface area contributed by atoms with Gasteiger partial charge in [-0.3, -0.25) is 9.59 Å². The van der Waals surface area contributed by atoms with Crippen molar-refractivity contribution in [1.29, 1.82) is 0 Å². The predicted molar refractivity (Wildman–Crippen MR) is 77.0 cm³/mol. The van der Waals surface area contributed by atoms with Gasteiger partial charge in [0.2, 0.25) is 0 Å². The smallest absolute Gasteiger partial charge is 0.313 e. The van der Waals surface area contributed by atoms with Crippen molar-refractivity contribution in [2.24, 2.45) is 0 Å². The van der Waals surface area contributed by atoms with Crippen LogP contribution < -0.4 is 10.6 Å². The van der Waals surface area contributed by atoms with Crippen LogP contribution in [-0.4, -0.2) is 41.1 Å². The van der Waals surface area contributed by atoms with Crippen molar-refractivity contribution >= 4 is 29.3 Å². The van der Waals surface area contributed by atoms with Gasteiger partial charge in [-0.15, -0.1) is 0 Å². The number of anilines is 1. The van der Waals surface area contributed by atoms with Crippen LogP contribution in [0.5, 0.6) is 0 Å². The maximum Gasteiger partial charge on any atom is 0.313 e. The predicted octanol–water partition coefficient (Wildman–Crippen LogP) is 1.13. The van der Waals surface area contributed by atoms with Gasteiger partial charge in [0.1, 0.15) is 11.6 Å². The van der Waals surface area contributed by atoms with E-state index in [1.54, 1.807) is 6.26 Å². The zero-order valence-electron chi connectivity index (χ0n) is 11.6. The Morgan fingerprint density at radius 3 is 2.57 bits per heavy atom. The van der Waals surface area contributed by atoms with E-state index in [0.29, 0.717) is 11.8 Å². The molecule has 0 aliphatic carbocycles. The molecule has 1 aromatic rings. The lowest BCUT2D eigenvalue weighted by molar-refractivity contribution is -0.136. The van der Waals surface area contributed by atoms with Crippen molar-refractivity contribution in [3.05, 3.63) is 29.8 Å². The second-order valence-corrected chi connectivity index (χ2v) is 5.56. The van der Waals surface area contributed by atoms with Crippen LogP contribution >= 0.6 is 11.8 Å². The van der Waals surface area contributed by atoms with Crippen LogP contribution in [0.3, 0.4) is 0 Å². The normalized spacial score (nSPS) is 13.4. The lowest BCUT2D eigenvalue weighted by Crippen LogP contribution is -2.46. The number of aliphatic hydroxyl groups is 1. The van der Waals surface area contributed by atoms with Gasteiger partial charge >= 0.3 is 11.8 Å². The molecule has 1 atom stereocenters. The van der Waals surface area contributed by atoms with E-state index >= 15 is 0 Å². The first-order valence-electron chi connectivity index (χ1n) is 6.01. The summed E-state index contributed by atoms with van der Waals surface area (Å²) >= 11 is 1.39. The minimum Gasteiger partial charge on any atom is -0.387 e. The molecular weight excluding hydrogens is 302 g/mol. The van der Waals surface area contributed by atoms with E-state index in [4.69, 9.17) is 0 Å². The van der Waals surface area contributed by atoms with Gasteiger partial charge in [0, 0.05) is 18.4 Å². The number of carbonyl (C=O) groups is 2. The topological polar surface area (TPSA) is 78.4 Å². The van der Waals surface area contributed by atoms with Crippen molar-refractivity contribution < 1.29 is 23.5 Å². The maximum absolute atomic E-state index is 13.3. The van der Waals surface area contributed by atoms with Gasteiger partial charge in [-0.2, -0.15) is 11.8 Å². The van der Waals surface area contributed by atoms with Crippen LogP contribution in [-0.2, 0) is 9.59 Å². The number of carbonyl (C=O) groups excluding carboxylic acids is 2. The first kappa shape index (κ1) is 17.4. The van der Waals surface area contributed by atoms with Crippen molar-refractivity contribution in [3.63, 3.8) is 0 Å². The average Bonchev–Trinajstić information content (AvgIpc) is 2.39. The van der Waals surface area contributed by atoms with Crippen LogP contribution in [0.1, 0.15) is 6.92 Å². The molecule has 1 unspecified atom stereocenters. The molecule has 116 valence electrons. The molecule has 0 fully saturated rings. The molecule has 0 aliphatic heterocycles. The Morgan fingerprint density at radius 2 is 2.00 bits per heavy atom. The number of halogens is 2. The lowest BCUT2D eigenvalue weighted by atomic mass is 10.1. The Morgan fingerprint density at radius 1 is 1.33 bits per heavy atom. The quantitative estimate of drug-likeness (QED) is 0.711. The number of hydrogen-bond donors (Lipinski definition) is 3. The highest BCUT2D eigenvalue weighted by Crippen LogP contribution is 2.14. The Hall–Kier alpha value is -1.67. The van der Waals surface area contributed by atoms with Crippen molar-refractivity contribution in [1.82, 2.24) is 5.32 Å². The van der Waals surface area contributed by atoms with E-state index in [9.17, 15) is 23.5 Å². The van der Waals surface area contributed by atoms with E-state index in [1.807, 2.05) is 5.32 Å². The summed E-state index contributed by atoms with van der Waals surface area (Å²) in [6.45, 7) is 1.40. The Bertz CT molecular complexity index is 538. The molecule has 0 saturated heterocycles. The summed E-state index contributed by atoms with van der Waals surface area (Å²) in [6.07, 6.45) is 1.79. The SMILES string of the molecule is CSCC(C)(O)CNC(=O)C(=O)Nc1ccc(F)cc1F. The molecule has 0 heterocycles. The van der Waals surface area contributed by atoms with Crippen molar-refractivity contribution in [2.75, 3.05) is 23.9 Å². The summed E-state index contributed by atoms with van der Waals surface area (Å²) in [5.41, 5.74) is -1.45. The van der Waals surface area contributed by atoms with Gasteiger partial charge in [0.25, 0.3) is 0 Å². The molecule has 2 amide bonds. The fraction of sp³-hybridized carbons (Fsp3) is 0.385. The third-order valence-corrected chi connectivity index (χ3v) is 3.38. The Labute approximate surface area is 125 Å². The Kier molecular flexibility index (Phi) is 6.10. The standard InChI is InChI=1S/C13H16F2N2O3S/c1-13(20,7-21-2)6-16-11(18)12(19)17-10-4-3-8(14)5-9(10)15/h3-5,20H,6-7H2,1-2H3,(H,16,18)(H,17,19). The fourth-order valence-electron chi connectivity index (χ4n) is 1.48. The van der Waals surface area contributed by atoms with Gasteiger partial charge in [-0.05, 0) is 25.3 Å². The van der Waals surface area contributed by atoms with Crippen LogP contribution in [0.2, 0.25) is 0 Å². The summed E-state index contributed by atoms with van der Waals surface area (Å²) in [5.74, 6) is -3.50. The minimum absolute atomic E-state index is 0.119. The molecule has 0 saturated carbocycles. The van der Waals surface area contributed by atoms with Crippen LogP contribution in [0.25, 0.3) is 0 Å². The molecule has 0 spiro atoms. The van der Waals surface area contributed by atoms with Gasteiger partial charge in [0.05, 0.1) is 11.3 Å². The number of thioether (sulfide) groups is 1. The molecule has 0 aromatic heterocycles. The number of benzene rings is 1. The second-order valence-electron chi connectivity index (χ2n) is 4.69. The van der Waals surface area contributed by atoms with E-state index in [0.717, 1.165) is 12.1 Å². The molecule has 21 heavy (non-hydrogen) atoms. The average molecular weight is 318 g/mol. The first-order chi connectivity index (χ1) is 9.75. The lowest BCUT2D eigenvalue weighted by Gasteiger charge is -2.22. The number of nitrogens with one attached hydrogen (secondary N) is 2. The summed E-state index contributed by atoms with van der Waals surface area (Å²) in [6, 6.07) is 2.57. The molecule has 8 heteroatoms. The minimum atomic E-state index is -1.16. The van der Waals surface area contributed by atoms with Gasteiger partial charge < -0.3 is 15.7 Å². The monoisotopic (exact) mass is 318 g/mol. The number of hydrogen-bond acceptors (Lipinski definition) is 4. The maximum atomic E-state index is 13.3. The van der Waals surface area contributed by atoms with Gasteiger partial charge in [0.15, 0.2) is 0 Å². The molecule has 1 rings (SSSR count). The highest BCUT2D eigenvalue weighted by molar-refractivity contribution is 7.98. The highest BCUT2D eigenvalue weighted by atomic mass is 32.2. The van der Waals surface area contributed by atoms with E-state index < -0.39 is 29.0 Å². The third-order valence-electron chi connectivity index (χ3n) is 2.47. The van der Waals surface area contributed by atoms with Crippen molar-refractivity contribution in [2.45, 2.75) is 12.5 Å². The molecule has 3 N–H and O–H groups in total. The van der Waals surface area contributed by atoms with Crippen LogP contribution in [0.15, 0.2) is 18.2 Å². The van der Waals surface area contributed by atoms with E-state index in [2.05, 4.69) is 5.32 Å². The molecule has 0 radical (unpaired) electrons. The van der Waals surface area contributed by atoms with E-state index in [1.165, 1.54) is 18.7 Å².